The minimum Gasteiger partial charge on any atom is -0.306 e. The Labute approximate surface area is 109 Å². The highest BCUT2D eigenvalue weighted by molar-refractivity contribution is 7.16. The highest BCUT2D eigenvalue weighted by Gasteiger charge is 2.12. The molecule has 2 rings (SSSR count). The first-order valence-corrected chi connectivity index (χ1v) is 6.23. The number of anilines is 1. The Morgan fingerprint density at radius 2 is 1.94 bits per heavy atom. The van der Waals surface area contributed by atoms with Crippen LogP contribution in [0.3, 0.4) is 0 Å². The van der Waals surface area contributed by atoms with Crippen LogP contribution >= 0.6 is 11.3 Å². The lowest BCUT2D eigenvalue weighted by atomic mass is 10.3. The van der Waals surface area contributed by atoms with Gasteiger partial charge in [-0.25, -0.2) is 4.98 Å². The van der Waals surface area contributed by atoms with E-state index in [0.717, 1.165) is 5.56 Å². The third-order valence-corrected chi connectivity index (χ3v) is 3.60. The average Bonchev–Trinajstić information content (AvgIpc) is 2.81. The first kappa shape index (κ1) is 12.4. The summed E-state index contributed by atoms with van der Waals surface area (Å²) in [5, 5.41) is 2.73. The van der Waals surface area contributed by atoms with E-state index < -0.39 is 0 Å². The second kappa shape index (κ2) is 5.10. The molecule has 0 spiro atoms. The second-order valence-corrected chi connectivity index (χ2v) is 4.93. The van der Waals surface area contributed by atoms with Gasteiger partial charge in [-0.05, 0) is 37.6 Å². The average molecular weight is 260 g/mol. The van der Waals surface area contributed by atoms with Gasteiger partial charge < -0.3 is 5.32 Å². The fourth-order valence-corrected chi connectivity index (χ4v) is 2.23. The summed E-state index contributed by atoms with van der Waals surface area (Å²) in [6, 6.07) is 6.99. The van der Waals surface area contributed by atoms with Crippen LogP contribution in [0.4, 0.5) is 5.82 Å². The molecule has 92 valence electrons. The second-order valence-electron chi connectivity index (χ2n) is 3.84. The highest BCUT2D eigenvalue weighted by atomic mass is 32.1. The summed E-state index contributed by atoms with van der Waals surface area (Å²) in [6.45, 7) is 3.36. The Kier molecular flexibility index (Phi) is 3.53. The molecule has 2 heterocycles. The largest absolute Gasteiger partial charge is 0.306 e. The van der Waals surface area contributed by atoms with Crippen molar-refractivity contribution in [1.82, 2.24) is 4.98 Å². The predicted octanol–water partition coefficient (Wildman–Crippen LogP) is 2.91. The monoisotopic (exact) mass is 260 g/mol. The summed E-state index contributed by atoms with van der Waals surface area (Å²) < 4.78 is 0. The van der Waals surface area contributed by atoms with Crippen LogP contribution in [0.15, 0.2) is 30.5 Å². The third kappa shape index (κ3) is 2.62. The van der Waals surface area contributed by atoms with Crippen molar-refractivity contribution in [2.24, 2.45) is 0 Å². The number of carbonyl (C=O) groups excluding carboxylic acids is 2. The van der Waals surface area contributed by atoms with Crippen molar-refractivity contribution < 1.29 is 9.59 Å². The van der Waals surface area contributed by atoms with E-state index in [1.165, 1.54) is 18.3 Å². The number of ketones is 1. The van der Waals surface area contributed by atoms with E-state index in [-0.39, 0.29) is 11.7 Å². The van der Waals surface area contributed by atoms with Crippen LogP contribution in [-0.4, -0.2) is 16.7 Å². The number of aromatic nitrogens is 1. The van der Waals surface area contributed by atoms with Gasteiger partial charge in [0.1, 0.15) is 5.82 Å². The lowest BCUT2D eigenvalue weighted by Crippen LogP contribution is -2.12. The van der Waals surface area contributed by atoms with E-state index in [4.69, 9.17) is 0 Å². The Balaban J connectivity index is 2.17. The molecular formula is C13H12N2O2S. The number of aryl methyl sites for hydroxylation is 1. The molecule has 18 heavy (non-hydrogen) atoms. The number of hydrogen-bond acceptors (Lipinski definition) is 4. The van der Waals surface area contributed by atoms with Crippen LogP contribution in [0.2, 0.25) is 0 Å². The fraction of sp³-hybridized carbons (Fsp3) is 0.154. The van der Waals surface area contributed by atoms with Gasteiger partial charge in [0.05, 0.1) is 9.75 Å². The molecule has 1 amide bonds. The Hall–Kier alpha value is -2.01. The van der Waals surface area contributed by atoms with Crippen LogP contribution in [0.5, 0.6) is 0 Å². The number of Topliss-reactive ketones (excluding diaryl/α,β-unsaturated/α-hetero) is 1. The molecule has 4 nitrogen and oxygen atoms in total. The summed E-state index contributed by atoms with van der Waals surface area (Å²) in [7, 11) is 0. The van der Waals surface area contributed by atoms with Gasteiger partial charge in [0.25, 0.3) is 5.91 Å². The SMILES string of the molecule is CC(=O)c1ccc(C(=O)Nc2ncccc2C)s1. The maximum Gasteiger partial charge on any atom is 0.266 e. The maximum atomic E-state index is 12.0. The zero-order valence-electron chi connectivity index (χ0n) is 10.1. The molecule has 0 bridgehead atoms. The molecule has 2 aromatic heterocycles. The molecule has 0 aromatic carbocycles. The van der Waals surface area contributed by atoms with Crippen molar-refractivity contribution in [3.63, 3.8) is 0 Å². The zero-order chi connectivity index (χ0) is 13.1. The zero-order valence-corrected chi connectivity index (χ0v) is 10.9. The smallest absolute Gasteiger partial charge is 0.266 e. The Bertz CT molecular complexity index is 605. The molecule has 1 N–H and O–H groups in total. The minimum absolute atomic E-state index is 0.0342. The van der Waals surface area contributed by atoms with Gasteiger partial charge in [0.15, 0.2) is 5.78 Å². The quantitative estimate of drug-likeness (QED) is 0.863. The topological polar surface area (TPSA) is 59.1 Å². The summed E-state index contributed by atoms with van der Waals surface area (Å²) in [4.78, 5) is 28.3. The van der Waals surface area contributed by atoms with Crippen molar-refractivity contribution >= 4 is 28.8 Å². The summed E-state index contributed by atoms with van der Waals surface area (Å²) >= 11 is 1.18. The number of pyridine rings is 1. The summed E-state index contributed by atoms with van der Waals surface area (Å²) in [6.07, 6.45) is 1.62. The lowest BCUT2D eigenvalue weighted by molar-refractivity contribution is 0.101. The maximum absolute atomic E-state index is 12.0. The number of carbonyl (C=O) groups is 2. The van der Waals surface area contributed by atoms with E-state index >= 15 is 0 Å². The van der Waals surface area contributed by atoms with Crippen LogP contribution < -0.4 is 5.32 Å². The van der Waals surface area contributed by atoms with Gasteiger partial charge in [-0.15, -0.1) is 11.3 Å². The fourth-order valence-electron chi connectivity index (χ4n) is 1.43. The van der Waals surface area contributed by atoms with Gasteiger partial charge in [-0.2, -0.15) is 0 Å². The molecule has 0 radical (unpaired) electrons. The number of rotatable bonds is 3. The molecule has 0 saturated carbocycles. The van der Waals surface area contributed by atoms with E-state index in [0.29, 0.717) is 15.6 Å². The standard InChI is InChI=1S/C13H12N2O2S/c1-8-4-3-7-14-12(8)15-13(17)11-6-5-10(18-11)9(2)16/h3-7H,1-2H3,(H,14,15,17). The third-order valence-electron chi connectivity index (χ3n) is 2.42. The summed E-state index contributed by atoms with van der Waals surface area (Å²) in [5.74, 6) is 0.266. The van der Waals surface area contributed by atoms with E-state index in [2.05, 4.69) is 10.3 Å². The number of nitrogens with zero attached hydrogens (tertiary/aromatic N) is 1. The van der Waals surface area contributed by atoms with Crippen LogP contribution in [0, 0.1) is 6.92 Å². The number of amides is 1. The van der Waals surface area contributed by atoms with Gasteiger partial charge in [0, 0.05) is 6.20 Å². The van der Waals surface area contributed by atoms with Crippen molar-refractivity contribution in [2.75, 3.05) is 5.32 Å². The van der Waals surface area contributed by atoms with E-state index in [1.54, 1.807) is 18.3 Å². The molecule has 0 aliphatic heterocycles. The first-order chi connectivity index (χ1) is 8.58. The van der Waals surface area contributed by atoms with Gasteiger partial charge in [-0.1, -0.05) is 6.07 Å². The highest BCUT2D eigenvalue weighted by Crippen LogP contribution is 2.19. The minimum atomic E-state index is -0.241. The molecule has 5 heteroatoms. The van der Waals surface area contributed by atoms with Crippen molar-refractivity contribution in [1.29, 1.82) is 0 Å². The lowest BCUT2D eigenvalue weighted by Gasteiger charge is -2.04. The predicted molar refractivity (Wildman–Crippen MR) is 71.3 cm³/mol. The molecule has 0 unspecified atom stereocenters. The van der Waals surface area contributed by atoms with E-state index in [9.17, 15) is 9.59 Å². The molecule has 0 saturated heterocycles. The van der Waals surface area contributed by atoms with Crippen LogP contribution in [-0.2, 0) is 0 Å². The van der Waals surface area contributed by atoms with Gasteiger partial charge >= 0.3 is 0 Å². The van der Waals surface area contributed by atoms with Crippen molar-refractivity contribution in [3.8, 4) is 0 Å². The summed E-state index contributed by atoms with van der Waals surface area (Å²) in [5.41, 5.74) is 0.897. The number of thiophene rings is 1. The Morgan fingerprint density at radius 3 is 2.56 bits per heavy atom. The molecule has 0 aliphatic carbocycles. The van der Waals surface area contributed by atoms with Crippen molar-refractivity contribution in [3.05, 3.63) is 45.8 Å². The van der Waals surface area contributed by atoms with Crippen LogP contribution in [0.25, 0.3) is 0 Å². The normalized spacial score (nSPS) is 10.1. The van der Waals surface area contributed by atoms with E-state index in [1.807, 2.05) is 19.1 Å². The van der Waals surface area contributed by atoms with Crippen LogP contribution in [0.1, 0.15) is 31.8 Å². The van der Waals surface area contributed by atoms with Crippen molar-refractivity contribution in [2.45, 2.75) is 13.8 Å². The van der Waals surface area contributed by atoms with Gasteiger partial charge in [0.2, 0.25) is 0 Å². The molecule has 0 fully saturated rings. The number of nitrogens with one attached hydrogen (secondary N) is 1. The van der Waals surface area contributed by atoms with Gasteiger partial charge in [-0.3, -0.25) is 9.59 Å². The first-order valence-electron chi connectivity index (χ1n) is 5.41. The molecule has 0 atom stereocenters. The molecule has 2 aromatic rings. The molecule has 0 aliphatic rings. The Morgan fingerprint density at radius 1 is 1.22 bits per heavy atom. The number of hydrogen-bond donors (Lipinski definition) is 1. The molecular weight excluding hydrogens is 248 g/mol.